The Morgan fingerprint density at radius 2 is 1.98 bits per heavy atom. The number of piperidine rings is 1. The van der Waals surface area contributed by atoms with Crippen molar-refractivity contribution < 1.29 is 33.6 Å². The second-order valence-electron chi connectivity index (χ2n) is 11.9. The summed E-state index contributed by atoms with van der Waals surface area (Å²) < 4.78 is 31.7. The summed E-state index contributed by atoms with van der Waals surface area (Å²) in [6, 6.07) is 9.38. The Hall–Kier alpha value is -4.69. The van der Waals surface area contributed by atoms with Crippen LogP contribution >= 0.6 is 0 Å². The van der Waals surface area contributed by atoms with Crippen molar-refractivity contribution in [2.24, 2.45) is 5.92 Å². The fourth-order valence-corrected chi connectivity index (χ4v) is 5.96. The Kier molecular flexibility index (Phi) is 10.4. The molecule has 0 saturated carbocycles. The maximum Gasteiger partial charge on any atom is 0.253 e. The predicted molar refractivity (Wildman–Crippen MR) is 171 cm³/mol. The van der Waals surface area contributed by atoms with E-state index in [0.717, 1.165) is 45.2 Å². The number of amides is 1. The van der Waals surface area contributed by atoms with Gasteiger partial charge in [0.05, 0.1) is 63.6 Å². The predicted octanol–water partition coefficient (Wildman–Crippen LogP) is 0.997. The molecule has 15 nitrogen and oxygen atoms in total. The molecule has 16 heteroatoms. The molecule has 3 aromatic rings. The summed E-state index contributed by atoms with van der Waals surface area (Å²) >= 11 is 0. The smallest absolute Gasteiger partial charge is 0.253 e. The Bertz CT molecular complexity index is 1630. The number of nitriles is 1. The van der Waals surface area contributed by atoms with Crippen LogP contribution in [0.4, 0.5) is 21.8 Å². The zero-order valence-corrected chi connectivity index (χ0v) is 26.5. The number of anilines is 3. The summed E-state index contributed by atoms with van der Waals surface area (Å²) in [6.07, 6.45) is 0.433. The molecular formula is C32H38FN9O6. The molecule has 1 aromatic carbocycles. The molecule has 3 saturated heterocycles. The molecule has 48 heavy (non-hydrogen) atoms. The molecule has 1 amide bonds. The standard InChI is InChI=1S/C32H38FN9O6/c1-46-28-11-23(13-35-30(28)41-8-6-40(7-9-41)24-17-47-18-24)38-32-37-19-36-29(39-32)20-2-3-27(22(10-20)12-34)48-16-21-4-5-42(14-25(21)33)31(45)26(44)15-43/h2-3,10-11,13,19,21,24-26,43-44H,4-9,14-18H2,1H3,(H,36,37,38,39)/t21-,25-,26+/m1/s1. The van der Waals surface area contributed by atoms with Crippen LogP contribution < -0.4 is 19.7 Å². The van der Waals surface area contributed by atoms with E-state index >= 15 is 0 Å². The lowest BCUT2D eigenvalue weighted by atomic mass is 9.95. The number of piperazine rings is 1. The van der Waals surface area contributed by atoms with Crippen LogP contribution in [0.1, 0.15) is 12.0 Å². The first kappa shape index (κ1) is 33.2. The number of pyridine rings is 1. The largest absolute Gasteiger partial charge is 0.493 e. The monoisotopic (exact) mass is 663 g/mol. The number of aliphatic hydroxyl groups is 2. The van der Waals surface area contributed by atoms with Crippen LogP contribution in [-0.2, 0) is 9.53 Å². The van der Waals surface area contributed by atoms with E-state index < -0.39 is 30.7 Å². The fourth-order valence-electron chi connectivity index (χ4n) is 5.96. The van der Waals surface area contributed by atoms with Gasteiger partial charge >= 0.3 is 0 Å². The molecule has 0 bridgehead atoms. The second kappa shape index (κ2) is 15.0. The highest BCUT2D eigenvalue weighted by atomic mass is 19.1. The van der Waals surface area contributed by atoms with Gasteiger partial charge in [-0.15, -0.1) is 0 Å². The van der Waals surface area contributed by atoms with Gasteiger partial charge in [0.15, 0.2) is 23.5 Å². The quantitative estimate of drug-likeness (QED) is 0.264. The van der Waals surface area contributed by atoms with Gasteiger partial charge in [-0.1, -0.05) is 0 Å². The fraction of sp³-hybridized carbons (Fsp3) is 0.500. The van der Waals surface area contributed by atoms with Crippen molar-refractivity contribution in [2.75, 3.05) is 83.0 Å². The Morgan fingerprint density at radius 1 is 1.17 bits per heavy atom. The number of aromatic nitrogens is 4. The number of aliphatic hydroxyl groups excluding tert-OH is 2. The summed E-state index contributed by atoms with van der Waals surface area (Å²) in [6.45, 7) is 4.47. The molecule has 5 heterocycles. The van der Waals surface area contributed by atoms with E-state index in [9.17, 15) is 19.6 Å². The minimum absolute atomic E-state index is 0.00197. The Labute approximate surface area is 276 Å². The number of alkyl halides is 1. The number of carbonyl (C=O) groups is 1. The maximum atomic E-state index is 14.9. The number of rotatable bonds is 11. The number of carbonyl (C=O) groups excluding carboxylic acids is 1. The van der Waals surface area contributed by atoms with Crippen LogP contribution in [0.25, 0.3) is 11.4 Å². The normalized spacial score (nSPS) is 20.8. The first-order chi connectivity index (χ1) is 23.4. The third-order valence-corrected chi connectivity index (χ3v) is 8.89. The van der Waals surface area contributed by atoms with Crippen molar-refractivity contribution in [3.05, 3.63) is 42.4 Å². The highest BCUT2D eigenvalue weighted by molar-refractivity contribution is 5.81. The van der Waals surface area contributed by atoms with Gasteiger partial charge in [0, 0.05) is 50.3 Å². The van der Waals surface area contributed by atoms with Crippen LogP contribution in [0.15, 0.2) is 36.8 Å². The molecule has 3 fully saturated rings. The Balaban J connectivity index is 1.07. The molecule has 0 spiro atoms. The first-order valence-electron chi connectivity index (χ1n) is 15.8. The lowest BCUT2D eigenvalue weighted by molar-refractivity contribution is -0.145. The molecule has 0 unspecified atom stereocenters. The van der Waals surface area contributed by atoms with Crippen molar-refractivity contribution in [3.63, 3.8) is 0 Å². The summed E-state index contributed by atoms with van der Waals surface area (Å²) in [7, 11) is 1.61. The zero-order valence-electron chi connectivity index (χ0n) is 26.5. The number of benzene rings is 1. The third-order valence-electron chi connectivity index (χ3n) is 8.89. The highest BCUT2D eigenvalue weighted by Crippen LogP contribution is 2.31. The van der Waals surface area contributed by atoms with E-state index in [1.165, 1.54) is 11.2 Å². The molecule has 0 aliphatic carbocycles. The zero-order chi connectivity index (χ0) is 33.6. The summed E-state index contributed by atoms with van der Waals surface area (Å²) in [4.78, 5) is 35.7. The van der Waals surface area contributed by atoms with E-state index in [-0.39, 0.29) is 37.0 Å². The molecule has 3 aliphatic heterocycles. The lowest BCUT2D eigenvalue weighted by Crippen LogP contribution is -2.56. The molecular weight excluding hydrogens is 625 g/mol. The van der Waals surface area contributed by atoms with E-state index in [1.807, 2.05) is 6.07 Å². The molecule has 254 valence electrons. The summed E-state index contributed by atoms with van der Waals surface area (Å²) in [5.41, 5.74) is 1.41. The van der Waals surface area contributed by atoms with Gasteiger partial charge in [-0.2, -0.15) is 10.2 Å². The van der Waals surface area contributed by atoms with Crippen LogP contribution in [0, 0.1) is 17.2 Å². The van der Waals surface area contributed by atoms with Gasteiger partial charge in [0.2, 0.25) is 5.95 Å². The SMILES string of the molecule is COc1cc(Nc2ncnc(-c3ccc(OC[C@H]4CCN(C(=O)[C@@H](O)CO)C[C@H]4F)c(C#N)c3)n2)cnc1N1CCN(C2COC2)CC1. The number of hydrogen-bond acceptors (Lipinski definition) is 14. The number of likely N-dealkylation sites (tertiary alicyclic amines) is 1. The van der Waals surface area contributed by atoms with Crippen LogP contribution in [0.2, 0.25) is 0 Å². The first-order valence-corrected chi connectivity index (χ1v) is 15.8. The minimum Gasteiger partial charge on any atom is -0.493 e. The number of nitrogens with zero attached hydrogens (tertiary/aromatic N) is 8. The topological polar surface area (TPSA) is 182 Å². The van der Waals surface area contributed by atoms with Crippen molar-refractivity contribution in [1.82, 2.24) is 29.7 Å². The molecule has 2 aromatic heterocycles. The van der Waals surface area contributed by atoms with Gasteiger partial charge in [0.25, 0.3) is 5.91 Å². The van der Waals surface area contributed by atoms with E-state index in [2.05, 4.69) is 41.1 Å². The second-order valence-corrected chi connectivity index (χ2v) is 11.9. The molecule has 3 N–H and O–H groups in total. The molecule has 3 aliphatic rings. The minimum atomic E-state index is -1.56. The van der Waals surface area contributed by atoms with E-state index in [4.69, 9.17) is 19.3 Å². The van der Waals surface area contributed by atoms with Crippen LogP contribution in [0.3, 0.4) is 0 Å². The van der Waals surface area contributed by atoms with Crippen molar-refractivity contribution in [3.8, 4) is 29.0 Å². The van der Waals surface area contributed by atoms with Crippen molar-refractivity contribution >= 4 is 23.4 Å². The van der Waals surface area contributed by atoms with Crippen LogP contribution in [0.5, 0.6) is 11.5 Å². The average Bonchev–Trinajstić information content (AvgIpc) is 3.10. The molecule has 0 radical (unpaired) electrons. The molecule has 3 atom stereocenters. The number of methoxy groups -OCH3 is 1. The van der Waals surface area contributed by atoms with Crippen LogP contribution in [-0.4, -0.2) is 137 Å². The average molecular weight is 664 g/mol. The Morgan fingerprint density at radius 3 is 2.67 bits per heavy atom. The van der Waals surface area contributed by atoms with Gasteiger partial charge in [-0.25, -0.2) is 19.3 Å². The highest BCUT2D eigenvalue weighted by Gasteiger charge is 2.34. The summed E-state index contributed by atoms with van der Waals surface area (Å²) in [5, 5.41) is 31.6. The lowest BCUT2D eigenvalue weighted by Gasteiger charge is -2.43. The van der Waals surface area contributed by atoms with Gasteiger partial charge < -0.3 is 39.5 Å². The summed E-state index contributed by atoms with van der Waals surface area (Å²) in [5.74, 6) is 1.08. The van der Waals surface area contributed by atoms with Gasteiger partial charge in [0.1, 0.15) is 24.3 Å². The van der Waals surface area contributed by atoms with E-state index in [0.29, 0.717) is 35.3 Å². The van der Waals surface area contributed by atoms with Crippen molar-refractivity contribution in [2.45, 2.75) is 24.7 Å². The van der Waals surface area contributed by atoms with Gasteiger partial charge in [-0.3, -0.25) is 9.69 Å². The maximum absolute atomic E-state index is 14.9. The molecule has 6 rings (SSSR count). The number of halogens is 1. The number of ether oxygens (including phenoxy) is 3. The third kappa shape index (κ3) is 7.39. The van der Waals surface area contributed by atoms with E-state index in [1.54, 1.807) is 31.5 Å². The number of nitrogens with one attached hydrogen (secondary N) is 1. The van der Waals surface area contributed by atoms with Gasteiger partial charge in [-0.05, 0) is 24.6 Å². The number of hydrogen-bond donors (Lipinski definition) is 3. The van der Waals surface area contributed by atoms with Crippen molar-refractivity contribution in [1.29, 1.82) is 5.26 Å².